The molecule has 110 valence electrons. The normalized spacial score (nSPS) is 22.8. The lowest BCUT2D eigenvalue weighted by atomic mass is 9.86. The molecule has 1 aliphatic carbocycles. The number of nitrogens with one attached hydrogen (secondary N) is 1. The highest BCUT2D eigenvalue weighted by Crippen LogP contribution is 2.26. The summed E-state index contributed by atoms with van der Waals surface area (Å²) in [6.45, 7) is 2.72. The van der Waals surface area contributed by atoms with Crippen molar-refractivity contribution in [1.29, 1.82) is 0 Å². The van der Waals surface area contributed by atoms with E-state index in [1.807, 2.05) is 25.2 Å². The molecule has 4 nitrogen and oxygen atoms in total. The van der Waals surface area contributed by atoms with Gasteiger partial charge >= 0.3 is 0 Å². The molecule has 0 radical (unpaired) electrons. The van der Waals surface area contributed by atoms with Gasteiger partial charge in [-0.3, -0.25) is 9.69 Å². The largest absolute Gasteiger partial charge is 0.397 e. The number of nitrogens with zero attached hydrogens (tertiary/aromatic N) is 1. The van der Waals surface area contributed by atoms with Crippen LogP contribution in [0.4, 0.5) is 11.4 Å². The predicted octanol–water partition coefficient (Wildman–Crippen LogP) is 2.72. The molecule has 0 bridgehead atoms. The van der Waals surface area contributed by atoms with Crippen LogP contribution in [0.25, 0.3) is 0 Å². The first-order chi connectivity index (χ1) is 9.56. The Labute approximate surface area is 121 Å². The second-order valence-electron chi connectivity index (χ2n) is 5.98. The van der Waals surface area contributed by atoms with Gasteiger partial charge in [0.2, 0.25) is 5.91 Å². The molecule has 1 aromatic carbocycles. The summed E-state index contributed by atoms with van der Waals surface area (Å²) in [6, 6.07) is 7.88. The first kappa shape index (κ1) is 14.9. The van der Waals surface area contributed by atoms with E-state index < -0.39 is 0 Å². The van der Waals surface area contributed by atoms with E-state index in [0.717, 1.165) is 5.92 Å². The van der Waals surface area contributed by atoms with E-state index in [1.165, 1.54) is 25.7 Å². The molecule has 1 fully saturated rings. The van der Waals surface area contributed by atoms with Gasteiger partial charge in [-0.1, -0.05) is 31.9 Å². The summed E-state index contributed by atoms with van der Waals surface area (Å²) in [4.78, 5) is 14.3. The molecule has 1 saturated carbocycles. The van der Waals surface area contributed by atoms with Gasteiger partial charge in [0.1, 0.15) is 0 Å². The van der Waals surface area contributed by atoms with Crippen molar-refractivity contribution in [1.82, 2.24) is 4.90 Å². The van der Waals surface area contributed by atoms with Crippen molar-refractivity contribution in [2.75, 3.05) is 24.6 Å². The maximum absolute atomic E-state index is 12.1. The van der Waals surface area contributed by atoms with Crippen LogP contribution in [0, 0.1) is 5.92 Å². The van der Waals surface area contributed by atoms with E-state index in [0.29, 0.717) is 24.0 Å². The highest BCUT2D eigenvalue weighted by Gasteiger charge is 2.23. The quantitative estimate of drug-likeness (QED) is 0.831. The van der Waals surface area contributed by atoms with E-state index in [-0.39, 0.29) is 5.91 Å². The van der Waals surface area contributed by atoms with Crippen molar-refractivity contribution >= 4 is 17.3 Å². The van der Waals surface area contributed by atoms with Crippen LogP contribution < -0.4 is 11.1 Å². The molecule has 1 amide bonds. The summed E-state index contributed by atoms with van der Waals surface area (Å²) in [5.74, 6) is 0.771. The van der Waals surface area contributed by atoms with Gasteiger partial charge in [-0.15, -0.1) is 0 Å². The Hall–Kier alpha value is -1.55. The molecule has 1 aliphatic rings. The number of likely N-dealkylation sites (N-methyl/N-ethyl adjacent to an activating group) is 1. The highest BCUT2D eigenvalue weighted by molar-refractivity contribution is 5.95. The van der Waals surface area contributed by atoms with Crippen LogP contribution in [0.5, 0.6) is 0 Å². The molecule has 3 N–H and O–H groups in total. The first-order valence-corrected chi connectivity index (χ1v) is 7.41. The van der Waals surface area contributed by atoms with Crippen LogP contribution in [0.15, 0.2) is 24.3 Å². The molecule has 2 atom stereocenters. The lowest BCUT2D eigenvalue weighted by Crippen LogP contribution is -2.40. The summed E-state index contributed by atoms with van der Waals surface area (Å²) in [5, 5.41) is 2.89. The first-order valence-electron chi connectivity index (χ1n) is 7.41. The van der Waals surface area contributed by atoms with Crippen LogP contribution in [0.3, 0.4) is 0 Å². The van der Waals surface area contributed by atoms with Gasteiger partial charge in [-0.05, 0) is 37.9 Å². The zero-order valence-electron chi connectivity index (χ0n) is 12.4. The Morgan fingerprint density at radius 1 is 1.40 bits per heavy atom. The second kappa shape index (κ2) is 6.75. The third-order valence-electron chi connectivity index (χ3n) is 4.16. The summed E-state index contributed by atoms with van der Waals surface area (Å²) in [7, 11) is 2.04. The molecule has 0 saturated heterocycles. The third-order valence-corrected chi connectivity index (χ3v) is 4.16. The van der Waals surface area contributed by atoms with Crippen molar-refractivity contribution in [3.05, 3.63) is 24.3 Å². The molecule has 0 heterocycles. The molecule has 2 unspecified atom stereocenters. The highest BCUT2D eigenvalue weighted by atomic mass is 16.2. The maximum Gasteiger partial charge on any atom is 0.238 e. The number of carbonyl (C=O) groups excluding carboxylic acids is 1. The molecule has 2 rings (SSSR count). The van der Waals surface area contributed by atoms with E-state index >= 15 is 0 Å². The Morgan fingerprint density at radius 3 is 2.85 bits per heavy atom. The monoisotopic (exact) mass is 275 g/mol. The van der Waals surface area contributed by atoms with Crippen LogP contribution in [0.1, 0.15) is 32.6 Å². The summed E-state index contributed by atoms with van der Waals surface area (Å²) in [5.41, 5.74) is 7.14. The van der Waals surface area contributed by atoms with Crippen LogP contribution >= 0.6 is 0 Å². The van der Waals surface area contributed by atoms with Crippen LogP contribution in [0.2, 0.25) is 0 Å². The fourth-order valence-corrected chi connectivity index (χ4v) is 2.96. The van der Waals surface area contributed by atoms with Crippen LogP contribution in [-0.4, -0.2) is 30.4 Å². The smallest absolute Gasteiger partial charge is 0.238 e. The Balaban J connectivity index is 1.86. The topological polar surface area (TPSA) is 58.4 Å². The van der Waals surface area contributed by atoms with Gasteiger partial charge in [-0.2, -0.15) is 0 Å². The zero-order chi connectivity index (χ0) is 14.5. The van der Waals surface area contributed by atoms with E-state index in [9.17, 15) is 4.79 Å². The molecule has 20 heavy (non-hydrogen) atoms. The molecule has 1 aromatic rings. The van der Waals surface area contributed by atoms with Gasteiger partial charge in [0.25, 0.3) is 0 Å². The van der Waals surface area contributed by atoms with Gasteiger partial charge < -0.3 is 11.1 Å². The van der Waals surface area contributed by atoms with Gasteiger partial charge in [0.05, 0.1) is 17.9 Å². The van der Waals surface area contributed by atoms with E-state index in [4.69, 9.17) is 5.73 Å². The number of hydrogen-bond acceptors (Lipinski definition) is 3. The average Bonchev–Trinajstić information content (AvgIpc) is 2.41. The Bertz CT molecular complexity index is 461. The summed E-state index contributed by atoms with van der Waals surface area (Å²) >= 11 is 0. The minimum Gasteiger partial charge on any atom is -0.397 e. The summed E-state index contributed by atoms with van der Waals surface area (Å²) in [6.07, 6.45) is 4.97. The van der Waals surface area contributed by atoms with Crippen molar-refractivity contribution in [2.45, 2.75) is 38.6 Å². The van der Waals surface area contributed by atoms with Crippen LogP contribution in [-0.2, 0) is 4.79 Å². The van der Waals surface area contributed by atoms with Gasteiger partial charge in [-0.25, -0.2) is 0 Å². The number of amides is 1. The molecule has 0 spiro atoms. The molecule has 0 aromatic heterocycles. The maximum atomic E-state index is 12.1. The van der Waals surface area contributed by atoms with E-state index in [2.05, 4.69) is 17.1 Å². The molecular formula is C16H25N3O. The minimum atomic E-state index is 0.00336. The second-order valence-corrected chi connectivity index (χ2v) is 5.98. The van der Waals surface area contributed by atoms with Crippen molar-refractivity contribution < 1.29 is 4.79 Å². The molecular weight excluding hydrogens is 250 g/mol. The number of para-hydroxylation sites is 2. The number of rotatable bonds is 4. The number of hydrogen-bond donors (Lipinski definition) is 2. The fraction of sp³-hybridized carbons (Fsp3) is 0.562. The number of nitrogens with two attached hydrogens (primary N) is 1. The fourth-order valence-electron chi connectivity index (χ4n) is 2.96. The Morgan fingerprint density at radius 2 is 2.15 bits per heavy atom. The lowest BCUT2D eigenvalue weighted by molar-refractivity contribution is -0.117. The molecule has 0 aliphatic heterocycles. The standard InChI is InChI=1S/C16H25N3O/c1-12-6-5-7-13(10-12)19(2)11-16(20)18-15-9-4-3-8-14(15)17/h3-4,8-9,12-13H,5-7,10-11,17H2,1-2H3,(H,18,20). The zero-order valence-corrected chi connectivity index (χ0v) is 12.4. The number of carbonyl (C=O) groups is 1. The Kier molecular flexibility index (Phi) is 5.01. The number of benzene rings is 1. The van der Waals surface area contributed by atoms with Gasteiger partial charge in [0.15, 0.2) is 0 Å². The van der Waals surface area contributed by atoms with Crippen molar-refractivity contribution in [3.63, 3.8) is 0 Å². The van der Waals surface area contributed by atoms with Crippen molar-refractivity contribution in [2.24, 2.45) is 5.92 Å². The lowest BCUT2D eigenvalue weighted by Gasteiger charge is -2.33. The van der Waals surface area contributed by atoms with E-state index in [1.54, 1.807) is 6.07 Å². The summed E-state index contributed by atoms with van der Waals surface area (Å²) < 4.78 is 0. The SMILES string of the molecule is CC1CCCC(N(C)CC(=O)Nc2ccccc2N)C1. The number of anilines is 2. The third kappa shape index (κ3) is 3.97. The predicted molar refractivity (Wildman–Crippen MR) is 83.5 cm³/mol. The van der Waals surface area contributed by atoms with Gasteiger partial charge in [0, 0.05) is 6.04 Å². The minimum absolute atomic E-state index is 0.00336. The molecule has 4 heteroatoms. The number of nitrogen functional groups attached to an aromatic ring is 1. The average molecular weight is 275 g/mol. The van der Waals surface area contributed by atoms with Crippen molar-refractivity contribution in [3.8, 4) is 0 Å².